The molecule has 0 fully saturated rings. The number of hydrogen-bond donors (Lipinski definition) is 0. The smallest absolute Gasteiger partial charge is 0.0493 e. The van der Waals surface area contributed by atoms with Crippen molar-refractivity contribution in [3.05, 3.63) is 399 Å². The van der Waals surface area contributed by atoms with Crippen molar-refractivity contribution in [2.24, 2.45) is 0 Å². The third kappa shape index (κ3) is 30.2. The summed E-state index contributed by atoms with van der Waals surface area (Å²) in [5.41, 5.74) is 20.8. The molecule has 0 saturated carbocycles. The molecule has 15 aromatic rings. The number of aromatic nitrogens is 8. The van der Waals surface area contributed by atoms with Crippen LogP contribution >= 0.6 is 0 Å². The first-order valence-corrected chi connectivity index (χ1v) is 31.5. The predicted molar refractivity (Wildman–Crippen MR) is 405 cm³/mol. The van der Waals surface area contributed by atoms with Crippen molar-refractivity contribution in [2.75, 3.05) is 0 Å². The zero-order chi connectivity index (χ0) is 66.8. The van der Waals surface area contributed by atoms with Gasteiger partial charge in [-0.2, -0.15) is 29.4 Å². The average molecular weight is 2240 g/mol. The van der Waals surface area contributed by atoms with E-state index in [2.05, 4.69) is 161 Å². The van der Waals surface area contributed by atoms with Crippen molar-refractivity contribution in [1.29, 1.82) is 0 Å². The number of para-hydroxylation sites is 1. The average Bonchev–Trinajstić information content (AvgIpc) is 1.27. The zero-order valence-electron chi connectivity index (χ0n) is 56.5. The van der Waals surface area contributed by atoms with Crippen LogP contribution in [0.3, 0.4) is 0 Å². The normalized spacial score (nSPS) is 9.50. The van der Waals surface area contributed by atoms with Crippen LogP contribution in [-0.2, 0) is 106 Å². The maximum atomic E-state index is 4.46. The Balaban J connectivity index is 0.000000407. The van der Waals surface area contributed by atoms with E-state index in [0.29, 0.717) is 0 Å². The first-order chi connectivity index (χ1) is 47.1. The molecule has 0 bridgehead atoms. The Morgan fingerprint density at radius 3 is 1.03 bits per heavy atom. The summed E-state index contributed by atoms with van der Waals surface area (Å²) in [5, 5.41) is 4.07. The van der Waals surface area contributed by atoms with Gasteiger partial charge in [0, 0.05) is 150 Å². The SMILES string of the molecule is C.C.CC(C)(C)c1cc[c-]c(-c2ccccn2)c1.Cc1ccc(-c2[c-]cccc2)nc1.Cc1cccc(C)c1-c1ccnc(-c2[c-]cccc2)c1.[Ir].[Ir].[Ir].[Ir].[Ir].[c-]1ccccc1-c1ccccn1.[c-]1ccccc1-c1ccccn1.[c-]1ccccc1-c1ccccn1.[c-]1ccccc1-n1cccn1. The molecule has 13 heteroatoms. The zero-order valence-corrected chi connectivity index (χ0v) is 68.5. The van der Waals surface area contributed by atoms with Crippen LogP contribution in [0.1, 0.15) is 57.9 Å². The van der Waals surface area contributed by atoms with Crippen molar-refractivity contribution < 1.29 is 101 Å². The molecule has 8 nitrogen and oxygen atoms in total. The number of benzene rings is 8. The summed E-state index contributed by atoms with van der Waals surface area (Å²) in [4.78, 5) is 25.8. The van der Waals surface area contributed by atoms with E-state index in [1.165, 1.54) is 33.4 Å². The summed E-state index contributed by atoms with van der Waals surface area (Å²) < 4.78 is 1.78. The van der Waals surface area contributed by atoms with Crippen LogP contribution in [0.2, 0.25) is 0 Å². The monoisotopic (exact) mass is 2240 g/mol. The molecule has 0 spiro atoms. The van der Waals surface area contributed by atoms with E-state index in [4.69, 9.17) is 0 Å². The van der Waals surface area contributed by atoms with E-state index < -0.39 is 0 Å². The molecule has 0 N–H and O–H groups in total. The van der Waals surface area contributed by atoms with E-state index in [0.717, 1.165) is 73.2 Å². The summed E-state index contributed by atoms with van der Waals surface area (Å²) in [6.07, 6.45) is 14.6. The number of hydrogen-bond acceptors (Lipinski definition) is 7. The molecular formula is C90H81Ir5N8-7. The summed E-state index contributed by atoms with van der Waals surface area (Å²) in [6, 6.07) is 115. The van der Waals surface area contributed by atoms with Gasteiger partial charge >= 0.3 is 0 Å². The van der Waals surface area contributed by atoms with Crippen LogP contribution in [0.4, 0.5) is 0 Å². The summed E-state index contributed by atoms with van der Waals surface area (Å²) in [5.74, 6) is 0. The molecule has 0 unspecified atom stereocenters. The van der Waals surface area contributed by atoms with Gasteiger partial charge in [0.05, 0.1) is 0 Å². The fraction of sp³-hybridized carbons (Fsp3) is 0.100. The predicted octanol–water partition coefficient (Wildman–Crippen LogP) is 22.1. The van der Waals surface area contributed by atoms with Crippen molar-refractivity contribution in [3.8, 4) is 84.4 Å². The largest absolute Gasteiger partial charge is 0.305 e. The standard InChI is InChI=1S/C19H16N.C15H16N.C12H10N.3C11H8N.C9H7N2.2CH4.5Ir/c1-14-7-6-8-15(2)19(14)17-11-12-20-18(13-17)16-9-4-3-5-10-16;1-15(2,3)13-8-6-7-12(11-13)14-9-4-5-10-16-14;1-10-7-8-12(13-9-10)11-5-3-2-4-6-11;3*1-2-6-10(7-3-1)11-8-4-5-9-12-11;1-2-5-9(6-3-1)11-8-4-7-10-11;;;;;;;/h3-9,11-13H,1-2H3;4-6,8-11H,1-3H3;2-5,7-9H,1H3;3*1-6,8-9H;1-5,7-8H;2*1H4;;;;;/q7*-1;;;;;;;. The van der Waals surface area contributed by atoms with Gasteiger partial charge in [0.15, 0.2) is 0 Å². The van der Waals surface area contributed by atoms with Gasteiger partial charge in [-0.25, -0.2) is 0 Å². The Kier molecular flexibility index (Phi) is 43.5. The maximum Gasteiger partial charge on any atom is 0.0493 e. The van der Waals surface area contributed by atoms with E-state index in [-0.39, 0.29) is 121 Å². The number of nitrogens with zero attached hydrogens (tertiary/aromatic N) is 8. The van der Waals surface area contributed by atoms with Gasteiger partial charge in [-0.3, -0.25) is 4.68 Å². The first kappa shape index (κ1) is 90.2. The molecule has 0 aliphatic carbocycles. The van der Waals surface area contributed by atoms with Gasteiger partial charge in [0.1, 0.15) is 0 Å². The second kappa shape index (κ2) is 49.7. The number of pyridine rings is 6. The van der Waals surface area contributed by atoms with Gasteiger partial charge in [0.2, 0.25) is 0 Å². The maximum absolute atomic E-state index is 4.46. The molecule has 7 aromatic heterocycles. The molecule has 5 radical (unpaired) electrons. The molecular weight excluding hydrogens is 2150 g/mol. The van der Waals surface area contributed by atoms with Crippen LogP contribution in [0, 0.1) is 63.2 Å². The van der Waals surface area contributed by atoms with Crippen LogP contribution in [0.25, 0.3) is 84.4 Å². The number of aryl methyl sites for hydroxylation is 3. The Morgan fingerprint density at radius 1 is 0.301 bits per heavy atom. The fourth-order valence-corrected chi connectivity index (χ4v) is 9.50. The second-order valence-electron chi connectivity index (χ2n) is 22.6. The minimum absolute atomic E-state index is 0. The Labute approximate surface area is 679 Å². The van der Waals surface area contributed by atoms with Gasteiger partial charge in [0.25, 0.3) is 0 Å². The van der Waals surface area contributed by atoms with Crippen molar-refractivity contribution in [2.45, 2.75) is 61.8 Å². The molecule has 15 rings (SSSR count). The van der Waals surface area contributed by atoms with E-state index in [1.807, 2.05) is 268 Å². The Hall–Kier alpha value is -8.88. The quantitative estimate of drug-likeness (QED) is 0.140. The second-order valence-corrected chi connectivity index (χ2v) is 22.6. The topological polar surface area (TPSA) is 95.2 Å². The third-order valence-corrected chi connectivity index (χ3v) is 14.4. The molecule has 0 aliphatic rings. The van der Waals surface area contributed by atoms with Gasteiger partial charge in [-0.05, 0) is 130 Å². The fourth-order valence-electron chi connectivity index (χ4n) is 9.50. The van der Waals surface area contributed by atoms with Crippen molar-refractivity contribution in [3.63, 3.8) is 0 Å². The molecule has 0 amide bonds. The van der Waals surface area contributed by atoms with E-state index >= 15 is 0 Å². The van der Waals surface area contributed by atoms with Crippen molar-refractivity contribution >= 4 is 0 Å². The van der Waals surface area contributed by atoms with Crippen LogP contribution in [0.5, 0.6) is 0 Å². The summed E-state index contributed by atoms with van der Waals surface area (Å²) in [6.45, 7) is 13.0. The van der Waals surface area contributed by atoms with E-state index in [9.17, 15) is 0 Å². The molecule has 0 aliphatic heterocycles. The first-order valence-electron chi connectivity index (χ1n) is 31.5. The van der Waals surface area contributed by atoms with Crippen LogP contribution < -0.4 is 0 Å². The molecule has 103 heavy (non-hydrogen) atoms. The molecule has 533 valence electrons. The minimum Gasteiger partial charge on any atom is -0.305 e. The van der Waals surface area contributed by atoms with Crippen LogP contribution in [0.15, 0.2) is 335 Å². The van der Waals surface area contributed by atoms with Gasteiger partial charge in [-0.15, -0.1) is 221 Å². The third-order valence-electron chi connectivity index (χ3n) is 14.4. The Bertz CT molecular complexity index is 4280. The van der Waals surface area contributed by atoms with Gasteiger partial charge in [-0.1, -0.05) is 121 Å². The summed E-state index contributed by atoms with van der Waals surface area (Å²) >= 11 is 0. The molecule has 0 atom stereocenters. The minimum atomic E-state index is 0. The Morgan fingerprint density at radius 2 is 0.680 bits per heavy atom. The molecule has 7 heterocycles. The molecule has 0 saturated heterocycles. The van der Waals surface area contributed by atoms with Crippen molar-refractivity contribution in [1.82, 2.24) is 39.7 Å². The van der Waals surface area contributed by atoms with E-state index in [1.54, 1.807) is 29.5 Å². The summed E-state index contributed by atoms with van der Waals surface area (Å²) in [7, 11) is 0. The molecule has 8 aromatic carbocycles. The van der Waals surface area contributed by atoms with Crippen LogP contribution in [-0.4, -0.2) is 39.7 Å². The number of rotatable bonds is 8. The van der Waals surface area contributed by atoms with Gasteiger partial charge < -0.3 is 29.9 Å².